The van der Waals surface area contributed by atoms with Gasteiger partial charge in [0.25, 0.3) is 0 Å². The third kappa shape index (κ3) is 5.15. The number of nitrogens with one attached hydrogen (secondary N) is 1. The first-order valence-electron chi connectivity index (χ1n) is 10.0. The molecule has 0 bridgehead atoms. The first kappa shape index (κ1) is 21.3. The summed E-state index contributed by atoms with van der Waals surface area (Å²) < 4.78 is 27.6. The number of fused-ring (bicyclic) bond motifs is 1. The largest absolute Gasteiger partial charge is 0.300 e. The zero-order valence-electron chi connectivity index (χ0n) is 16.6. The second-order valence-corrected chi connectivity index (χ2v) is 9.68. The molecule has 3 rings (SSSR count). The zero-order valence-corrected chi connectivity index (χ0v) is 18.2. The van der Waals surface area contributed by atoms with E-state index in [9.17, 15) is 8.42 Å². The Balaban J connectivity index is 1.66. The van der Waals surface area contributed by atoms with E-state index in [0.717, 1.165) is 31.5 Å². The molecule has 1 aliphatic rings. The summed E-state index contributed by atoms with van der Waals surface area (Å²) in [7, 11) is -3.55. The molecule has 0 saturated carbocycles. The van der Waals surface area contributed by atoms with E-state index in [-0.39, 0.29) is 11.4 Å². The Kier molecular flexibility index (Phi) is 7.15. The Morgan fingerprint density at radius 3 is 2.29 bits per heavy atom. The highest BCUT2D eigenvalue weighted by molar-refractivity contribution is 7.89. The molecule has 0 amide bonds. The average Bonchev–Trinajstić information content (AvgIpc) is 3.10. The van der Waals surface area contributed by atoms with Crippen LogP contribution in [0, 0.1) is 0 Å². The van der Waals surface area contributed by atoms with Crippen molar-refractivity contribution in [2.75, 3.05) is 13.1 Å². The van der Waals surface area contributed by atoms with E-state index in [2.05, 4.69) is 35.6 Å². The summed E-state index contributed by atoms with van der Waals surface area (Å²) in [6.07, 6.45) is 4.48. The molecule has 0 unspecified atom stereocenters. The van der Waals surface area contributed by atoms with Gasteiger partial charge in [-0.3, -0.25) is 4.90 Å². The lowest BCUT2D eigenvalue weighted by atomic mass is 10.1. The molecule has 1 N–H and O–H groups in total. The summed E-state index contributed by atoms with van der Waals surface area (Å²) in [6, 6.07) is 13.1. The van der Waals surface area contributed by atoms with Crippen molar-refractivity contribution >= 4 is 21.6 Å². The summed E-state index contributed by atoms with van der Waals surface area (Å²) >= 11 is 5.84. The van der Waals surface area contributed by atoms with Crippen LogP contribution in [-0.2, 0) is 29.4 Å². The van der Waals surface area contributed by atoms with Gasteiger partial charge in [-0.1, -0.05) is 43.6 Å². The normalized spacial score (nSPS) is 16.5. The summed E-state index contributed by atoms with van der Waals surface area (Å²) in [4.78, 5) is 2.83. The highest BCUT2D eigenvalue weighted by atomic mass is 35.5. The van der Waals surface area contributed by atoms with Crippen molar-refractivity contribution in [3.63, 3.8) is 0 Å². The van der Waals surface area contributed by atoms with Crippen LogP contribution in [0.2, 0.25) is 5.02 Å². The molecule has 0 fully saturated rings. The van der Waals surface area contributed by atoms with Crippen molar-refractivity contribution in [2.45, 2.75) is 57.0 Å². The highest BCUT2D eigenvalue weighted by Gasteiger charge is 2.26. The van der Waals surface area contributed by atoms with Gasteiger partial charge in [0.2, 0.25) is 10.0 Å². The monoisotopic (exact) mass is 420 g/mol. The number of halogens is 1. The molecule has 1 atom stereocenters. The van der Waals surface area contributed by atoms with Crippen LogP contribution in [0.25, 0.3) is 0 Å². The Labute approximate surface area is 174 Å². The number of nitrogens with zero attached hydrogens (tertiary/aromatic N) is 1. The van der Waals surface area contributed by atoms with E-state index in [1.165, 1.54) is 36.1 Å². The first-order valence-corrected chi connectivity index (χ1v) is 11.9. The molecule has 2 aromatic carbocycles. The summed E-state index contributed by atoms with van der Waals surface area (Å²) in [6.45, 7) is 7.03. The average molecular weight is 421 g/mol. The second-order valence-electron chi connectivity index (χ2n) is 7.48. The Hall–Kier alpha value is -1.40. The molecule has 0 saturated heterocycles. The fourth-order valence-corrected chi connectivity index (χ4v) is 5.09. The maximum atomic E-state index is 12.5. The lowest BCUT2D eigenvalue weighted by Crippen LogP contribution is -2.37. The number of benzene rings is 2. The molecule has 28 heavy (non-hydrogen) atoms. The number of hydrogen-bond donors (Lipinski definition) is 1. The van der Waals surface area contributed by atoms with Crippen LogP contribution in [-0.4, -0.2) is 32.4 Å². The van der Waals surface area contributed by atoms with Crippen LogP contribution in [0.4, 0.5) is 0 Å². The van der Waals surface area contributed by atoms with E-state index in [1.54, 1.807) is 12.1 Å². The summed E-state index contributed by atoms with van der Waals surface area (Å²) in [5, 5.41) is 0.521. The van der Waals surface area contributed by atoms with Gasteiger partial charge in [-0.05, 0) is 79.7 Å². The maximum absolute atomic E-state index is 12.5. The number of rotatable bonds is 9. The second kappa shape index (κ2) is 9.40. The minimum atomic E-state index is -3.55. The van der Waals surface area contributed by atoms with Crippen LogP contribution in [0.5, 0.6) is 0 Å². The van der Waals surface area contributed by atoms with Gasteiger partial charge in [-0.25, -0.2) is 13.1 Å². The number of sulfonamides is 1. The fourth-order valence-electron chi connectivity index (χ4n) is 3.94. The summed E-state index contributed by atoms with van der Waals surface area (Å²) in [5.41, 5.74) is 3.74. The molecule has 152 valence electrons. The quantitative estimate of drug-likeness (QED) is 0.653. The molecule has 0 aromatic heterocycles. The molecular weight excluding hydrogens is 392 g/mol. The van der Waals surface area contributed by atoms with E-state index in [0.29, 0.717) is 11.1 Å². The van der Waals surface area contributed by atoms with Crippen LogP contribution in [0.3, 0.4) is 0 Å². The first-order chi connectivity index (χ1) is 13.4. The topological polar surface area (TPSA) is 49.4 Å². The van der Waals surface area contributed by atoms with Crippen molar-refractivity contribution in [1.82, 2.24) is 9.62 Å². The van der Waals surface area contributed by atoms with Gasteiger partial charge < -0.3 is 0 Å². The number of hydrogen-bond acceptors (Lipinski definition) is 3. The van der Waals surface area contributed by atoms with Crippen molar-refractivity contribution < 1.29 is 8.42 Å². The molecule has 0 spiro atoms. The van der Waals surface area contributed by atoms with Crippen LogP contribution in [0.1, 0.15) is 43.4 Å². The van der Waals surface area contributed by atoms with Gasteiger partial charge in [0.15, 0.2) is 0 Å². The van der Waals surface area contributed by atoms with Gasteiger partial charge in [-0.15, -0.1) is 0 Å². The molecule has 2 aromatic rings. The Morgan fingerprint density at radius 1 is 1.00 bits per heavy atom. The Morgan fingerprint density at radius 2 is 1.64 bits per heavy atom. The van der Waals surface area contributed by atoms with Crippen LogP contribution < -0.4 is 4.72 Å². The lowest BCUT2D eigenvalue weighted by Gasteiger charge is -2.27. The van der Waals surface area contributed by atoms with Crippen molar-refractivity contribution in [1.29, 1.82) is 0 Å². The predicted octanol–water partition coefficient (Wildman–Crippen LogP) is 4.41. The van der Waals surface area contributed by atoms with Crippen molar-refractivity contribution in [2.24, 2.45) is 0 Å². The molecule has 0 heterocycles. The minimum Gasteiger partial charge on any atom is -0.300 e. The summed E-state index contributed by atoms with van der Waals surface area (Å²) in [5.74, 6) is 0. The third-order valence-corrected chi connectivity index (χ3v) is 6.98. The maximum Gasteiger partial charge on any atom is 0.240 e. The van der Waals surface area contributed by atoms with Crippen molar-refractivity contribution in [3.05, 3.63) is 64.2 Å². The zero-order chi connectivity index (χ0) is 20.1. The lowest BCUT2D eigenvalue weighted by molar-refractivity contribution is 0.202. The molecular formula is C22H29ClN2O2S. The fraction of sp³-hybridized carbons (Fsp3) is 0.455. The molecule has 0 aliphatic heterocycles. The van der Waals surface area contributed by atoms with E-state index < -0.39 is 10.0 Å². The molecule has 0 radical (unpaired) electrons. The van der Waals surface area contributed by atoms with Gasteiger partial charge in [0.05, 0.1) is 4.90 Å². The molecule has 1 aliphatic carbocycles. The van der Waals surface area contributed by atoms with E-state index >= 15 is 0 Å². The van der Waals surface area contributed by atoms with E-state index in [4.69, 9.17) is 11.6 Å². The molecule has 4 nitrogen and oxygen atoms in total. The smallest absolute Gasteiger partial charge is 0.240 e. The van der Waals surface area contributed by atoms with Gasteiger partial charge in [0, 0.05) is 17.6 Å². The predicted molar refractivity (Wildman–Crippen MR) is 115 cm³/mol. The van der Waals surface area contributed by atoms with Crippen molar-refractivity contribution in [3.8, 4) is 0 Å². The minimum absolute atomic E-state index is 0.230. The third-order valence-electron chi connectivity index (χ3n) is 5.31. The highest BCUT2D eigenvalue weighted by Crippen LogP contribution is 2.27. The van der Waals surface area contributed by atoms with Crippen LogP contribution >= 0.6 is 11.6 Å². The Bertz CT molecular complexity index is 891. The van der Waals surface area contributed by atoms with E-state index in [1.807, 2.05) is 6.07 Å². The van der Waals surface area contributed by atoms with Gasteiger partial charge >= 0.3 is 0 Å². The SMILES string of the molecule is CCCN(CCC)[C@@H]1Cc2ccc(CNS(=O)(=O)c3ccc(Cl)cc3)cc2C1. The van der Waals surface area contributed by atoms with Gasteiger partial charge in [-0.2, -0.15) is 0 Å². The van der Waals surface area contributed by atoms with Crippen LogP contribution in [0.15, 0.2) is 47.4 Å². The standard InChI is InChI=1S/C22H29ClN2O2S/c1-3-11-25(12-4-2)21-14-18-6-5-17(13-19(18)15-21)16-24-28(26,27)22-9-7-20(23)8-10-22/h5-10,13,21,24H,3-4,11-12,14-16H2,1-2H3/t21-/m1/s1. The molecule has 6 heteroatoms. The van der Waals surface area contributed by atoms with Gasteiger partial charge in [0.1, 0.15) is 0 Å².